The summed E-state index contributed by atoms with van der Waals surface area (Å²) in [4.78, 5) is 12.1. The van der Waals surface area contributed by atoms with Crippen molar-refractivity contribution in [2.24, 2.45) is 0 Å². The molecule has 0 radical (unpaired) electrons. The third-order valence-corrected chi connectivity index (χ3v) is 3.34. The third kappa shape index (κ3) is 3.12. The van der Waals surface area contributed by atoms with E-state index >= 15 is 0 Å². The lowest BCUT2D eigenvalue weighted by atomic mass is 10.0. The molecule has 0 aliphatic carbocycles. The largest absolute Gasteiger partial charge is 0.398 e. The van der Waals surface area contributed by atoms with E-state index < -0.39 is 0 Å². The third-order valence-electron chi connectivity index (χ3n) is 2.59. The maximum Gasteiger partial charge on any atom is 0.169 e. The van der Waals surface area contributed by atoms with Crippen LogP contribution >= 0.6 is 27.5 Å². The quantitative estimate of drug-likeness (QED) is 0.682. The Morgan fingerprint density at radius 1 is 1.17 bits per heavy atom. The van der Waals surface area contributed by atoms with Crippen LogP contribution in [0.2, 0.25) is 5.02 Å². The summed E-state index contributed by atoms with van der Waals surface area (Å²) in [6.45, 7) is 0. The van der Waals surface area contributed by atoms with Gasteiger partial charge in [-0.05, 0) is 35.9 Å². The zero-order chi connectivity index (χ0) is 13.1. The first kappa shape index (κ1) is 13.1. The lowest BCUT2D eigenvalue weighted by Crippen LogP contribution is -2.07. The van der Waals surface area contributed by atoms with Gasteiger partial charge in [0.25, 0.3) is 0 Å². The highest BCUT2D eigenvalue weighted by atomic mass is 79.9. The standard InChI is InChI=1S/C14H11BrClNO/c15-10-3-6-13(17)12(8-10)14(18)7-9-1-4-11(16)5-2-9/h1-6,8H,7,17H2. The van der Waals surface area contributed by atoms with E-state index in [-0.39, 0.29) is 5.78 Å². The Bertz CT molecular complexity index is 581. The molecule has 0 spiro atoms. The summed E-state index contributed by atoms with van der Waals surface area (Å²) in [6, 6.07) is 12.5. The molecular formula is C14H11BrClNO. The monoisotopic (exact) mass is 323 g/mol. The maximum atomic E-state index is 12.1. The smallest absolute Gasteiger partial charge is 0.169 e. The normalized spacial score (nSPS) is 10.3. The average molecular weight is 325 g/mol. The Kier molecular flexibility index (Phi) is 4.04. The fraction of sp³-hybridized carbons (Fsp3) is 0.0714. The highest BCUT2D eigenvalue weighted by molar-refractivity contribution is 9.10. The van der Waals surface area contributed by atoms with Crippen LogP contribution in [0.3, 0.4) is 0 Å². The van der Waals surface area contributed by atoms with Crippen LogP contribution in [0.4, 0.5) is 5.69 Å². The maximum absolute atomic E-state index is 12.1. The summed E-state index contributed by atoms with van der Waals surface area (Å²) in [6.07, 6.45) is 0.317. The van der Waals surface area contributed by atoms with Gasteiger partial charge in [-0.15, -0.1) is 0 Å². The van der Waals surface area contributed by atoms with Crippen molar-refractivity contribution in [3.63, 3.8) is 0 Å². The van der Waals surface area contributed by atoms with Crippen molar-refractivity contribution in [3.05, 3.63) is 63.1 Å². The number of hydrogen-bond donors (Lipinski definition) is 1. The van der Waals surface area contributed by atoms with Gasteiger partial charge in [-0.2, -0.15) is 0 Å². The minimum atomic E-state index is -0.00359. The number of anilines is 1. The highest BCUT2D eigenvalue weighted by Crippen LogP contribution is 2.20. The van der Waals surface area contributed by atoms with E-state index in [1.807, 2.05) is 18.2 Å². The Labute approximate surface area is 119 Å². The van der Waals surface area contributed by atoms with Gasteiger partial charge in [-0.25, -0.2) is 0 Å². The first-order valence-electron chi connectivity index (χ1n) is 5.39. The topological polar surface area (TPSA) is 43.1 Å². The lowest BCUT2D eigenvalue weighted by Gasteiger charge is -2.06. The molecule has 2 aromatic rings. The van der Waals surface area contributed by atoms with E-state index in [9.17, 15) is 4.79 Å². The van der Waals surface area contributed by atoms with Gasteiger partial charge in [-0.3, -0.25) is 4.79 Å². The molecule has 0 aromatic heterocycles. The molecule has 2 N–H and O–H groups in total. The Morgan fingerprint density at radius 2 is 1.83 bits per heavy atom. The number of nitrogens with two attached hydrogens (primary N) is 1. The summed E-state index contributed by atoms with van der Waals surface area (Å²) in [7, 11) is 0. The fourth-order valence-corrected chi connectivity index (χ4v) is 2.14. The molecule has 4 heteroatoms. The highest BCUT2D eigenvalue weighted by Gasteiger charge is 2.11. The molecule has 2 nitrogen and oxygen atoms in total. The van der Waals surface area contributed by atoms with Crippen molar-refractivity contribution in [2.45, 2.75) is 6.42 Å². The number of Topliss-reactive ketones (excluding diaryl/α,β-unsaturated/α-hetero) is 1. The molecule has 0 saturated heterocycles. The van der Waals surface area contributed by atoms with Gasteiger partial charge >= 0.3 is 0 Å². The van der Waals surface area contributed by atoms with Crippen LogP contribution in [0, 0.1) is 0 Å². The zero-order valence-corrected chi connectivity index (χ0v) is 11.8. The van der Waals surface area contributed by atoms with E-state index in [4.69, 9.17) is 17.3 Å². The van der Waals surface area contributed by atoms with Crippen molar-refractivity contribution in [2.75, 3.05) is 5.73 Å². The predicted octanol–water partition coefficient (Wildman–Crippen LogP) is 4.11. The molecule has 92 valence electrons. The van der Waals surface area contributed by atoms with Gasteiger partial charge in [0, 0.05) is 27.2 Å². The Balaban J connectivity index is 2.21. The SMILES string of the molecule is Nc1ccc(Br)cc1C(=O)Cc1ccc(Cl)cc1. The molecule has 0 fully saturated rings. The molecule has 0 amide bonds. The van der Waals surface area contributed by atoms with Gasteiger partial charge in [0.1, 0.15) is 0 Å². The van der Waals surface area contributed by atoms with Gasteiger partial charge in [0.05, 0.1) is 0 Å². The van der Waals surface area contributed by atoms with Gasteiger partial charge in [-0.1, -0.05) is 39.7 Å². The molecule has 0 aliphatic rings. The molecule has 0 unspecified atom stereocenters. The molecule has 0 saturated carbocycles. The van der Waals surface area contributed by atoms with Crippen LogP contribution in [0.5, 0.6) is 0 Å². The van der Waals surface area contributed by atoms with E-state index in [0.717, 1.165) is 10.0 Å². The number of nitrogen functional groups attached to an aromatic ring is 1. The minimum absolute atomic E-state index is 0.00359. The van der Waals surface area contributed by atoms with E-state index in [1.54, 1.807) is 24.3 Å². The Morgan fingerprint density at radius 3 is 2.50 bits per heavy atom. The molecule has 0 aliphatic heterocycles. The first-order valence-corrected chi connectivity index (χ1v) is 6.56. The van der Waals surface area contributed by atoms with Crippen LogP contribution in [0.1, 0.15) is 15.9 Å². The average Bonchev–Trinajstić information content (AvgIpc) is 2.35. The molecular weight excluding hydrogens is 314 g/mol. The fourth-order valence-electron chi connectivity index (χ4n) is 1.65. The van der Waals surface area contributed by atoms with E-state index in [1.165, 1.54) is 0 Å². The summed E-state index contributed by atoms with van der Waals surface area (Å²) >= 11 is 9.13. The van der Waals surface area contributed by atoms with Crippen LogP contribution in [-0.4, -0.2) is 5.78 Å². The van der Waals surface area contributed by atoms with Crippen molar-refractivity contribution in [1.82, 2.24) is 0 Å². The molecule has 0 heterocycles. The van der Waals surface area contributed by atoms with Crippen LogP contribution in [0.15, 0.2) is 46.9 Å². The van der Waals surface area contributed by atoms with Crippen LogP contribution in [-0.2, 0) is 6.42 Å². The summed E-state index contributed by atoms with van der Waals surface area (Å²) in [5.74, 6) is -0.00359. The summed E-state index contributed by atoms with van der Waals surface area (Å²) in [5, 5.41) is 0.660. The number of ketones is 1. The van der Waals surface area contributed by atoms with Crippen LogP contribution in [0.25, 0.3) is 0 Å². The van der Waals surface area contributed by atoms with Gasteiger partial charge in [0.2, 0.25) is 0 Å². The molecule has 18 heavy (non-hydrogen) atoms. The molecule has 2 rings (SSSR count). The zero-order valence-electron chi connectivity index (χ0n) is 9.49. The molecule has 2 aromatic carbocycles. The predicted molar refractivity (Wildman–Crippen MR) is 78.0 cm³/mol. The number of carbonyl (C=O) groups excluding carboxylic acids is 1. The van der Waals surface area contributed by atoms with Gasteiger partial charge < -0.3 is 5.73 Å². The van der Waals surface area contributed by atoms with Crippen molar-refractivity contribution in [1.29, 1.82) is 0 Å². The number of benzene rings is 2. The van der Waals surface area contributed by atoms with Crippen molar-refractivity contribution >= 4 is 39.0 Å². The summed E-state index contributed by atoms with van der Waals surface area (Å²) in [5.41, 5.74) is 7.76. The van der Waals surface area contributed by atoms with Crippen molar-refractivity contribution in [3.8, 4) is 0 Å². The number of rotatable bonds is 3. The number of halogens is 2. The number of carbonyl (C=O) groups is 1. The molecule has 0 atom stereocenters. The van der Waals surface area contributed by atoms with Crippen molar-refractivity contribution < 1.29 is 4.79 Å². The first-order chi connectivity index (χ1) is 8.56. The van der Waals surface area contributed by atoms with E-state index in [2.05, 4.69) is 15.9 Å². The second-order valence-corrected chi connectivity index (χ2v) is 5.31. The van der Waals surface area contributed by atoms with E-state index in [0.29, 0.717) is 22.7 Å². The van der Waals surface area contributed by atoms with Gasteiger partial charge in [0.15, 0.2) is 5.78 Å². The minimum Gasteiger partial charge on any atom is -0.398 e. The second kappa shape index (κ2) is 5.55. The summed E-state index contributed by atoms with van der Waals surface area (Å²) < 4.78 is 0.844. The second-order valence-electron chi connectivity index (χ2n) is 3.96. The lowest BCUT2D eigenvalue weighted by molar-refractivity contribution is 0.0994. The Hall–Kier alpha value is -1.32. The van der Waals surface area contributed by atoms with Crippen LogP contribution < -0.4 is 5.73 Å². The molecule has 0 bridgehead atoms. The number of hydrogen-bond acceptors (Lipinski definition) is 2.